The van der Waals surface area contributed by atoms with Crippen LogP contribution >= 0.6 is 23.1 Å². The van der Waals surface area contributed by atoms with Crippen LogP contribution in [0.1, 0.15) is 25.1 Å². The van der Waals surface area contributed by atoms with Gasteiger partial charge in [0.15, 0.2) is 5.17 Å². The first kappa shape index (κ1) is 17.7. The zero-order chi connectivity index (χ0) is 18.0. The van der Waals surface area contributed by atoms with E-state index in [0.29, 0.717) is 21.7 Å². The van der Waals surface area contributed by atoms with Crippen molar-refractivity contribution in [3.63, 3.8) is 0 Å². The van der Waals surface area contributed by atoms with Crippen molar-refractivity contribution in [3.05, 3.63) is 45.8 Å². The van der Waals surface area contributed by atoms with E-state index in [0.717, 1.165) is 22.6 Å². The number of hydrogen-bond donors (Lipinski definition) is 0. The number of thiazole rings is 1. The lowest BCUT2D eigenvalue weighted by molar-refractivity contribution is -0.122. The lowest BCUT2D eigenvalue weighted by atomic mass is 10.1. The number of allylic oxidation sites excluding steroid dienone is 1. The van der Waals surface area contributed by atoms with Gasteiger partial charge in [0, 0.05) is 11.9 Å². The molecule has 25 heavy (non-hydrogen) atoms. The number of aromatic nitrogens is 1. The van der Waals surface area contributed by atoms with E-state index in [1.54, 1.807) is 12.0 Å². The van der Waals surface area contributed by atoms with Gasteiger partial charge in [-0.25, -0.2) is 4.98 Å². The Morgan fingerprint density at radius 1 is 1.40 bits per heavy atom. The molecular weight excluding hydrogens is 354 g/mol. The number of likely N-dealkylation sites (N-methyl/N-ethyl adjacent to an activating group) is 1. The van der Waals surface area contributed by atoms with Crippen molar-refractivity contribution in [1.29, 1.82) is 0 Å². The number of methoxy groups -OCH3 is 1. The normalized spacial score (nSPS) is 18.2. The summed E-state index contributed by atoms with van der Waals surface area (Å²) in [6.07, 6.45) is 0. The van der Waals surface area contributed by atoms with Gasteiger partial charge in [-0.05, 0) is 55.8 Å². The first-order valence-corrected chi connectivity index (χ1v) is 9.59. The molecule has 1 amide bonds. The second-order valence-corrected chi connectivity index (χ2v) is 7.32. The lowest BCUT2D eigenvalue weighted by Gasteiger charge is -2.11. The van der Waals surface area contributed by atoms with Gasteiger partial charge in [-0.3, -0.25) is 9.69 Å². The highest BCUT2D eigenvalue weighted by molar-refractivity contribution is 8.18. The monoisotopic (exact) mass is 373 g/mol. The molecule has 5 nitrogen and oxygen atoms in total. The van der Waals surface area contributed by atoms with Crippen molar-refractivity contribution in [2.24, 2.45) is 4.99 Å². The van der Waals surface area contributed by atoms with Crippen molar-refractivity contribution < 1.29 is 9.53 Å². The molecule has 7 heteroatoms. The van der Waals surface area contributed by atoms with Crippen molar-refractivity contribution in [3.8, 4) is 5.75 Å². The van der Waals surface area contributed by atoms with Crippen molar-refractivity contribution in [2.75, 3.05) is 13.7 Å². The van der Waals surface area contributed by atoms with Crippen LogP contribution in [-0.2, 0) is 4.79 Å². The molecule has 3 rings (SSSR count). The van der Waals surface area contributed by atoms with Gasteiger partial charge >= 0.3 is 0 Å². The summed E-state index contributed by atoms with van der Waals surface area (Å²) in [5.74, 6) is 0.757. The van der Waals surface area contributed by atoms with E-state index in [2.05, 4.69) is 9.98 Å². The number of nitrogens with zero attached hydrogens (tertiary/aromatic N) is 3. The fourth-order valence-electron chi connectivity index (χ4n) is 2.46. The predicted octanol–water partition coefficient (Wildman–Crippen LogP) is 4.47. The topological polar surface area (TPSA) is 54.8 Å². The van der Waals surface area contributed by atoms with Gasteiger partial charge in [0.25, 0.3) is 5.91 Å². The van der Waals surface area contributed by atoms with E-state index in [1.807, 2.05) is 50.4 Å². The van der Waals surface area contributed by atoms with E-state index in [1.165, 1.54) is 23.1 Å². The van der Waals surface area contributed by atoms with Crippen LogP contribution in [0.2, 0.25) is 0 Å². The smallest absolute Gasteiger partial charge is 0.267 e. The lowest BCUT2D eigenvalue weighted by Crippen LogP contribution is -2.28. The summed E-state index contributed by atoms with van der Waals surface area (Å²) in [6, 6.07) is 7.73. The Hall–Kier alpha value is -2.12. The first-order chi connectivity index (χ1) is 12.0. The van der Waals surface area contributed by atoms with E-state index < -0.39 is 0 Å². The second kappa shape index (κ2) is 7.41. The van der Waals surface area contributed by atoms with Gasteiger partial charge in [-0.15, -0.1) is 11.3 Å². The average molecular weight is 374 g/mol. The molecule has 0 radical (unpaired) electrons. The molecule has 1 aromatic carbocycles. The van der Waals surface area contributed by atoms with Crippen LogP contribution in [0, 0.1) is 6.92 Å². The molecule has 0 atom stereocenters. The number of amides is 1. The number of aryl methyl sites for hydroxylation is 1. The minimum Gasteiger partial charge on any atom is -0.497 e. The third-order valence-corrected chi connectivity index (χ3v) is 5.85. The summed E-state index contributed by atoms with van der Waals surface area (Å²) in [4.78, 5) is 24.2. The van der Waals surface area contributed by atoms with Gasteiger partial charge in [-0.1, -0.05) is 12.1 Å². The standard InChI is InChI=1S/C18H19N3O2S2/c1-5-21-16(22)15(12(3)13-7-6-8-14(9-13)23-4)25-18(21)20-17-19-11(2)10-24-17/h6-10H,5H2,1-4H3/b15-12-,20-18+. The molecule has 2 aromatic rings. The van der Waals surface area contributed by atoms with Crippen LogP contribution in [0.4, 0.5) is 5.13 Å². The van der Waals surface area contributed by atoms with E-state index in [4.69, 9.17) is 4.74 Å². The summed E-state index contributed by atoms with van der Waals surface area (Å²) in [6.45, 7) is 6.41. The fourth-order valence-corrected chi connectivity index (χ4v) is 4.29. The number of hydrogen-bond acceptors (Lipinski definition) is 6. The summed E-state index contributed by atoms with van der Waals surface area (Å²) in [7, 11) is 1.64. The number of amidine groups is 1. The predicted molar refractivity (Wildman–Crippen MR) is 105 cm³/mol. The van der Waals surface area contributed by atoms with E-state index in [9.17, 15) is 4.79 Å². The Bertz CT molecular complexity index is 871. The molecule has 1 aromatic heterocycles. The first-order valence-electron chi connectivity index (χ1n) is 7.89. The van der Waals surface area contributed by atoms with Gasteiger partial charge in [-0.2, -0.15) is 4.99 Å². The van der Waals surface area contributed by atoms with E-state index in [-0.39, 0.29) is 5.91 Å². The summed E-state index contributed by atoms with van der Waals surface area (Å²) in [5, 5.41) is 3.31. The van der Waals surface area contributed by atoms with Crippen LogP contribution < -0.4 is 4.74 Å². The van der Waals surface area contributed by atoms with Crippen LogP contribution in [0.5, 0.6) is 5.75 Å². The number of ether oxygens (including phenoxy) is 1. The van der Waals surface area contributed by atoms with Gasteiger partial charge in [0.1, 0.15) is 5.75 Å². The molecular formula is C18H19N3O2S2. The Morgan fingerprint density at radius 2 is 2.20 bits per heavy atom. The van der Waals surface area contributed by atoms with Crippen LogP contribution in [-0.4, -0.2) is 34.6 Å². The quantitative estimate of drug-likeness (QED) is 0.742. The molecule has 0 aliphatic carbocycles. The Labute approximate surface area is 155 Å². The van der Waals surface area contributed by atoms with Crippen LogP contribution in [0.25, 0.3) is 5.57 Å². The SMILES string of the molecule is CCN1C(=O)/C(=C(\C)c2cccc(OC)c2)S/C1=N/c1nc(C)cs1. The van der Waals surface area contributed by atoms with E-state index >= 15 is 0 Å². The van der Waals surface area contributed by atoms with Crippen molar-refractivity contribution in [1.82, 2.24) is 9.88 Å². The molecule has 0 saturated carbocycles. The third kappa shape index (κ3) is 3.62. The number of thioether (sulfide) groups is 1. The highest BCUT2D eigenvalue weighted by Crippen LogP contribution is 2.38. The minimum atomic E-state index is -0.0140. The van der Waals surface area contributed by atoms with Crippen LogP contribution in [0.15, 0.2) is 39.5 Å². The summed E-state index contributed by atoms with van der Waals surface area (Å²) in [5.41, 5.74) is 2.83. The highest BCUT2D eigenvalue weighted by atomic mass is 32.2. The molecule has 0 N–H and O–H groups in total. The Kier molecular flexibility index (Phi) is 5.24. The maximum atomic E-state index is 12.8. The minimum absolute atomic E-state index is 0.0140. The third-order valence-electron chi connectivity index (χ3n) is 3.82. The largest absolute Gasteiger partial charge is 0.497 e. The number of aliphatic imine (C=N–C) groups is 1. The van der Waals surface area contributed by atoms with Crippen LogP contribution in [0.3, 0.4) is 0 Å². The molecule has 0 unspecified atom stereocenters. The van der Waals surface area contributed by atoms with Gasteiger partial charge in [0.2, 0.25) is 5.13 Å². The fraction of sp³-hybridized carbons (Fsp3) is 0.278. The summed E-state index contributed by atoms with van der Waals surface area (Å²) < 4.78 is 5.28. The number of carbonyl (C=O) groups is 1. The number of carbonyl (C=O) groups excluding carboxylic acids is 1. The van der Waals surface area contributed by atoms with Gasteiger partial charge < -0.3 is 4.74 Å². The average Bonchev–Trinajstić information content (AvgIpc) is 3.17. The van der Waals surface area contributed by atoms with Gasteiger partial charge in [0.05, 0.1) is 17.7 Å². The molecule has 1 fully saturated rings. The molecule has 1 aliphatic heterocycles. The highest BCUT2D eigenvalue weighted by Gasteiger charge is 2.34. The molecule has 2 heterocycles. The van der Waals surface area contributed by atoms with Crippen molar-refractivity contribution in [2.45, 2.75) is 20.8 Å². The maximum absolute atomic E-state index is 12.8. The molecule has 1 aliphatic rings. The molecule has 0 bridgehead atoms. The molecule has 130 valence electrons. The zero-order valence-electron chi connectivity index (χ0n) is 14.6. The second-order valence-electron chi connectivity index (χ2n) is 5.50. The molecule has 1 saturated heterocycles. The van der Waals surface area contributed by atoms with Crippen molar-refractivity contribution >= 4 is 44.9 Å². The number of rotatable bonds is 4. The number of benzene rings is 1. The zero-order valence-corrected chi connectivity index (χ0v) is 16.2. The molecule has 0 spiro atoms. The maximum Gasteiger partial charge on any atom is 0.267 e. The Morgan fingerprint density at radius 3 is 2.84 bits per heavy atom. The Balaban J connectivity index is 1.99. The summed E-state index contributed by atoms with van der Waals surface area (Å²) >= 11 is 2.88.